The number of primary amides is 1. The summed E-state index contributed by atoms with van der Waals surface area (Å²) in [7, 11) is 0. The first-order valence-corrected chi connectivity index (χ1v) is 4.29. The van der Waals surface area contributed by atoms with E-state index >= 15 is 0 Å². The number of halogens is 1. The fourth-order valence-corrected chi connectivity index (χ4v) is 1.03. The Morgan fingerprint density at radius 1 is 1.43 bits per heavy atom. The third-order valence-corrected chi connectivity index (χ3v) is 1.85. The van der Waals surface area contributed by atoms with Crippen molar-refractivity contribution in [1.82, 2.24) is 4.98 Å². The maximum absolute atomic E-state index is 13.0. The summed E-state index contributed by atoms with van der Waals surface area (Å²) < 4.78 is 13.0. The number of hydrogen-bond acceptors (Lipinski definition) is 2. The van der Waals surface area contributed by atoms with Crippen LogP contribution in [-0.4, -0.2) is 10.9 Å². The lowest BCUT2D eigenvalue weighted by Crippen LogP contribution is -2.20. The van der Waals surface area contributed by atoms with Gasteiger partial charge in [-0.15, -0.1) is 0 Å². The zero-order valence-electron chi connectivity index (χ0n) is 8.47. The molecule has 0 saturated carbocycles. The molecule has 1 rings (SSSR count). The molecule has 0 aromatic carbocycles. The Morgan fingerprint density at radius 2 is 2.00 bits per heavy atom. The molecule has 0 aliphatic carbocycles. The van der Waals surface area contributed by atoms with Crippen LogP contribution in [0.2, 0.25) is 0 Å². The van der Waals surface area contributed by atoms with Crippen LogP contribution < -0.4 is 5.73 Å². The van der Waals surface area contributed by atoms with Gasteiger partial charge in [0.15, 0.2) is 11.5 Å². The van der Waals surface area contributed by atoms with Crippen LogP contribution in [0.25, 0.3) is 0 Å². The molecule has 1 aromatic rings. The smallest absolute Gasteiger partial charge is 0.270 e. The number of carbonyl (C=O) groups is 1. The Bertz CT molecular complexity index is 369. The van der Waals surface area contributed by atoms with Gasteiger partial charge in [-0.05, 0) is 12.1 Å². The average molecular weight is 196 g/mol. The van der Waals surface area contributed by atoms with E-state index in [-0.39, 0.29) is 11.1 Å². The second kappa shape index (κ2) is 3.36. The van der Waals surface area contributed by atoms with Crippen molar-refractivity contribution in [2.24, 2.45) is 5.73 Å². The molecule has 0 fully saturated rings. The predicted molar refractivity (Wildman–Crippen MR) is 51.4 cm³/mol. The number of nitrogens with zero attached hydrogens (tertiary/aromatic N) is 1. The van der Waals surface area contributed by atoms with Crippen LogP contribution in [0.15, 0.2) is 12.1 Å². The summed E-state index contributed by atoms with van der Waals surface area (Å²) in [5, 5.41) is 0. The van der Waals surface area contributed by atoms with E-state index in [0.717, 1.165) is 0 Å². The molecule has 1 heterocycles. The highest BCUT2D eigenvalue weighted by molar-refractivity contribution is 5.91. The number of rotatable bonds is 1. The molecule has 1 amide bonds. The molecule has 0 aliphatic heterocycles. The largest absolute Gasteiger partial charge is 0.364 e. The van der Waals surface area contributed by atoms with E-state index in [1.165, 1.54) is 6.07 Å². The van der Waals surface area contributed by atoms with Crippen molar-refractivity contribution in [1.29, 1.82) is 0 Å². The highest BCUT2D eigenvalue weighted by Crippen LogP contribution is 2.20. The zero-order chi connectivity index (χ0) is 10.9. The van der Waals surface area contributed by atoms with Gasteiger partial charge in [0.25, 0.3) is 5.91 Å². The van der Waals surface area contributed by atoms with Crippen molar-refractivity contribution in [3.63, 3.8) is 0 Å². The van der Waals surface area contributed by atoms with Crippen LogP contribution in [0.5, 0.6) is 0 Å². The Kier molecular flexibility index (Phi) is 2.55. The van der Waals surface area contributed by atoms with Gasteiger partial charge < -0.3 is 5.73 Å². The van der Waals surface area contributed by atoms with Gasteiger partial charge >= 0.3 is 0 Å². The van der Waals surface area contributed by atoms with Crippen LogP contribution in [-0.2, 0) is 5.41 Å². The summed E-state index contributed by atoms with van der Waals surface area (Å²) >= 11 is 0. The molecule has 0 radical (unpaired) electrons. The van der Waals surface area contributed by atoms with Crippen LogP contribution in [0.1, 0.15) is 37.0 Å². The van der Waals surface area contributed by atoms with Crippen molar-refractivity contribution in [2.75, 3.05) is 0 Å². The summed E-state index contributed by atoms with van der Waals surface area (Å²) in [6.07, 6.45) is 0. The van der Waals surface area contributed by atoms with E-state index in [0.29, 0.717) is 5.69 Å². The molecule has 3 nitrogen and oxygen atoms in total. The van der Waals surface area contributed by atoms with Gasteiger partial charge in [0.05, 0.1) is 0 Å². The number of carbonyl (C=O) groups excluding carboxylic acids is 1. The van der Waals surface area contributed by atoms with E-state index in [4.69, 9.17) is 5.73 Å². The van der Waals surface area contributed by atoms with Crippen LogP contribution >= 0.6 is 0 Å². The van der Waals surface area contributed by atoms with E-state index < -0.39 is 11.7 Å². The number of pyridine rings is 1. The molecule has 0 spiro atoms. The van der Waals surface area contributed by atoms with Crippen molar-refractivity contribution < 1.29 is 9.18 Å². The molecule has 0 bridgehead atoms. The number of amides is 1. The fraction of sp³-hybridized carbons (Fsp3) is 0.400. The number of nitrogens with two attached hydrogens (primary N) is 1. The first-order valence-electron chi connectivity index (χ1n) is 4.29. The number of aromatic nitrogens is 1. The summed E-state index contributed by atoms with van der Waals surface area (Å²) in [6.45, 7) is 5.79. The van der Waals surface area contributed by atoms with Gasteiger partial charge in [0.2, 0.25) is 0 Å². The van der Waals surface area contributed by atoms with Crippen LogP contribution in [0.4, 0.5) is 4.39 Å². The van der Waals surface area contributed by atoms with Gasteiger partial charge in [0, 0.05) is 11.1 Å². The third-order valence-electron chi connectivity index (χ3n) is 1.85. The Hall–Kier alpha value is -1.45. The van der Waals surface area contributed by atoms with Gasteiger partial charge in [-0.25, -0.2) is 9.37 Å². The minimum atomic E-state index is -0.839. The monoisotopic (exact) mass is 196 g/mol. The molecular formula is C10H13FN2O. The maximum Gasteiger partial charge on any atom is 0.270 e. The molecule has 0 atom stereocenters. The highest BCUT2D eigenvalue weighted by atomic mass is 19.1. The summed E-state index contributed by atoms with van der Waals surface area (Å²) in [4.78, 5) is 14.7. The normalized spacial score (nSPS) is 11.4. The predicted octanol–water partition coefficient (Wildman–Crippen LogP) is 1.62. The summed E-state index contributed by atoms with van der Waals surface area (Å²) in [6, 6.07) is 2.77. The maximum atomic E-state index is 13.0. The van der Waals surface area contributed by atoms with Gasteiger partial charge in [-0.3, -0.25) is 4.79 Å². The molecule has 2 N–H and O–H groups in total. The van der Waals surface area contributed by atoms with Crippen molar-refractivity contribution in [2.45, 2.75) is 26.2 Å². The standard InChI is InChI=1S/C10H13FN2O/c1-10(2,3)7-5-4-6(11)8(13-7)9(12)14/h4-5H,1-3H3,(H2,12,14). The lowest BCUT2D eigenvalue weighted by molar-refractivity contribution is 0.0991. The summed E-state index contributed by atoms with van der Waals surface area (Å²) in [5.41, 5.74) is 5.11. The Morgan fingerprint density at radius 3 is 2.43 bits per heavy atom. The van der Waals surface area contributed by atoms with Crippen LogP contribution in [0, 0.1) is 5.82 Å². The van der Waals surface area contributed by atoms with E-state index in [9.17, 15) is 9.18 Å². The van der Waals surface area contributed by atoms with E-state index in [1.54, 1.807) is 6.07 Å². The third kappa shape index (κ3) is 2.07. The zero-order valence-corrected chi connectivity index (χ0v) is 8.47. The molecular weight excluding hydrogens is 183 g/mol. The first-order chi connectivity index (χ1) is 6.32. The van der Waals surface area contributed by atoms with Crippen molar-refractivity contribution in [3.05, 3.63) is 29.3 Å². The minimum absolute atomic E-state index is 0.224. The second-order valence-electron chi connectivity index (χ2n) is 4.14. The first kappa shape index (κ1) is 10.6. The van der Waals surface area contributed by atoms with E-state index in [1.807, 2.05) is 20.8 Å². The SMILES string of the molecule is CC(C)(C)c1ccc(F)c(C(N)=O)n1. The highest BCUT2D eigenvalue weighted by Gasteiger charge is 2.19. The van der Waals surface area contributed by atoms with Gasteiger partial charge in [-0.1, -0.05) is 20.8 Å². The summed E-state index contributed by atoms with van der Waals surface area (Å²) in [5.74, 6) is -1.51. The van der Waals surface area contributed by atoms with Gasteiger partial charge in [0.1, 0.15) is 0 Å². The number of hydrogen-bond donors (Lipinski definition) is 1. The topological polar surface area (TPSA) is 56.0 Å². The van der Waals surface area contributed by atoms with Crippen molar-refractivity contribution >= 4 is 5.91 Å². The molecule has 1 aromatic heterocycles. The second-order valence-corrected chi connectivity index (χ2v) is 4.14. The average Bonchev–Trinajstić information content (AvgIpc) is 2.02. The van der Waals surface area contributed by atoms with E-state index in [2.05, 4.69) is 4.98 Å². The lowest BCUT2D eigenvalue weighted by Gasteiger charge is -2.17. The lowest BCUT2D eigenvalue weighted by atomic mass is 9.91. The molecule has 4 heteroatoms. The molecule has 0 aliphatic rings. The molecule has 14 heavy (non-hydrogen) atoms. The Balaban J connectivity index is 3.27. The minimum Gasteiger partial charge on any atom is -0.364 e. The molecule has 0 saturated heterocycles. The quantitative estimate of drug-likeness (QED) is 0.742. The van der Waals surface area contributed by atoms with Gasteiger partial charge in [-0.2, -0.15) is 0 Å². The molecule has 0 unspecified atom stereocenters. The van der Waals surface area contributed by atoms with Crippen molar-refractivity contribution in [3.8, 4) is 0 Å². The van der Waals surface area contributed by atoms with Crippen LogP contribution in [0.3, 0.4) is 0 Å². The fourth-order valence-electron chi connectivity index (χ4n) is 1.03. The Labute approximate surface area is 82.1 Å². The molecule has 76 valence electrons.